The van der Waals surface area contributed by atoms with E-state index in [4.69, 9.17) is 10.5 Å². The summed E-state index contributed by atoms with van der Waals surface area (Å²) >= 11 is 0. The molecule has 0 saturated carbocycles. The molecule has 0 radical (unpaired) electrons. The number of carbonyl (C=O) groups excluding carboxylic acids is 1. The molecule has 0 aromatic heterocycles. The molecule has 94 valence electrons. The largest absolute Gasteiger partial charge is 0.372 e. The van der Waals surface area contributed by atoms with E-state index in [9.17, 15) is 4.79 Å². The van der Waals surface area contributed by atoms with Crippen molar-refractivity contribution in [2.45, 2.75) is 19.6 Å². The van der Waals surface area contributed by atoms with Gasteiger partial charge in [-0.2, -0.15) is 0 Å². The highest BCUT2D eigenvalue weighted by Gasteiger charge is 2.19. The monoisotopic (exact) mass is 236 g/mol. The number of benzene rings is 1. The van der Waals surface area contributed by atoms with Crippen LogP contribution in [0.15, 0.2) is 30.3 Å². The number of methoxy groups -OCH3 is 1. The van der Waals surface area contributed by atoms with Gasteiger partial charge < -0.3 is 15.4 Å². The molecule has 0 heterocycles. The summed E-state index contributed by atoms with van der Waals surface area (Å²) in [5.41, 5.74) is 6.62. The Bertz CT molecular complexity index is 341. The number of nitrogens with zero attached hydrogens (tertiary/aromatic N) is 1. The van der Waals surface area contributed by atoms with Crippen molar-refractivity contribution in [3.63, 3.8) is 0 Å². The maximum Gasteiger partial charge on any atom is 0.251 e. The summed E-state index contributed by atoms with van der Waals surface area (Å²) in [6.45, 7) is 3.32. The Balaban J connectivity index is 2.69. The second-order valence-corrected chi connectivity index (χ2v) is 3.91. The fraction of sp³-hybridized carbons (Fsp3) is 0.462. The molecule has 2 N–H and O–H groups in total. The third kappa shape index (κ3) is 4.17. The smallest absolute Gasteiger partial charge is 0.251 e. The molecule has 0 spiro atoms. The van der Waals surface area contributed by atoms with Gasteiger partial charge in [-0.05, 0) is 12.5 Å². The molecule has 1 rings (SSSR count). The van der Waals surface area contributed by atoms with Gasteiger partial charge in [0.05, 0.1) is 0 Å². The lowest BCUT2D eigenvalue weighted by Crippen LogP contribution is -2.41. The van der Waals surface area contributed by atoms with Crippen molar-refractivity contribution in [1.82, 2.24) is 4.90 Å². The fourth-order valence-corrected chi connectivity index (χ4v) is 1.58. The van der Waals surface area contributed by atoms with Crippen LogP contribution in [0.3, 0.4) is 0 Å². The SMILES string of the molecule is COC(C)C(=O)N(CCN)Cc1ccccc1. The van der Waals surface area contributed by atoms with Crippen LogP contribution in [0.25, 0.3) is 0 Å². The highest BCUT2D eigenvalue weighted by Crippen LogP contribution is 2.06. The molecule has 0 aliphatic heterocycles. The summed E-state index contributed by atoms with van der Waals surface area (Å²) < 4.78 is 5.04. The number of carbonyl (C=O) groups is 1. The third-order valence-corrected chi connectivity index (χ3v) is 2.63. The zero-order chi connectivity index (χ0) is 12.7. The molecule has 0 aliphatic rings. The van der Waals surface area contributed by atoms with Crippen LogP contribution in [0.4, 0.5) is 0 Å². The normalized spacial score (nSPS) is 12.2. The summed E-state index contributed by atoms with van der Waals surface area (Å²) in [6.07, 6.45) is -0.426. The number of amides is 1. The van der Waals surface area contributed by atoms with Crippen LogP contribution in [0.5, 0.6) is 0 Å². The Morgan fingerprint density at radius 3 is 2.59 bits per heavy atom. The van der Waals surface area contributed by atoms with Crippen LogP contribution >= 0.6 is 0 Å². The molecule has 0 saturated heterocycles. The van der Waals surface area contributed by atoms with Crippen molar-refractivity contribution in [3.8, 4) is 0 Å². The zero-order valence-electron chi connectivity index (χ0n) is 10.4. The maximum absolute atomic E-state index is 12.0. The molecule has 1 unspecified atom stereocenters. The van der Waals surface area contributed by atoms with Crippen molar-refractivity contribution in [2.24, 2.45) is 5.73 Å². The van der Waals surface area contributed by atoms with Gasteiger partial charge in [-0.1, -0.05) is 30.3 Å². The van der Waals surface area contributed by atoms with Crippen LogP contribution < -0.4 is 5.73 Å². The molecule has 17 heavy (non-hydrogen) atoms. The van der Waals surface area contributed by atoms with Gasteiger partial charge in [0.1, 0.15) is 6.10 Å². The lowest BCUT2D eigenvalue weighted by molar-refractivity contribution is -0.141. The van der Waals surface area contributed by atoms with Crippen molar-refractivity contribution >= 4 is 5.91 Å². The van der Waals surface area contributed by atoms with E-state index in [1.165, 1.54) is 7.11 Å². The van der Waals surface area contributed by atoms with E-state index in [1.54, 1.807) is 11.8 Å². The summed E-state index contributed by atoms with van der Waals surface area (Å²) in [7, 11) is 1.53. The van der Waals surface area contributed by atoms with Crippen molar-refractivity contribution in [2.75, 3.05) is 20.2 Å². The average Bonchev–Trinajstić information content (AvgIpc) is 2.37. The molecule has 0 fully saturated rings. The van der Waals surface area contributed by atoms with E-state index < -0.39 is 6.10 Å². The molecular weight excluding hydrogens is 216 g/mol. The van der Waals surface area contributed by atoms with E-state index in [0.29, 0.717) is 19.6 Å². The predicted octanol–water partition coefficient (Wildman–Crippen LogP) is 1.01. The first-order valence-corrected chi connectivity index (χ1v) is 5.74. The van der Waals surface area contributed by atoms with Crippen LogP contribution in [0.1, 0.15) is 12.5 Å². The van der Waals surface area contributed by atoms with E-state index in [-0.39, 0.29) is 5.91 Å². The Hall–Kier alpha value is -1.39. The Morgan fingerprint density at radius 2 is 2.06 bits per heavy atom. The van der Waals surface area contributed by atoms with Crippen LogP contribution in [0.2, 0.25) is 0 Å². The van der Waals surface area contributed by atoms with Gasteiger partial charge in [-0.25, -0.2) is 0 Å². The van der Waals surface area contributed by atoms with Gasteiger partial charge in [-0.3, -0.25) is 4.79 Å². The van der Waals surface area contributed by atoms with E-state index in [1.807, 2.05) is 30.3 Å². The molecule has 4 nitrogen and oxygen atoms in total. The molecular formula is C13H20N2O2. The number of hydrogen-bond donors (Lipinski definition) is 1. The Labute approximate surface area is 102 Å². The Kier molecular flexibility index (Phi) is 5.66. The number of hydrogen-bond acceptors (Lipinski definition) is 3. The van der Waals surface area contributed by atoms with Crippen LogP contribution in [0, 0.1) is 0 Å². The topological polar surface area (TPSA) is 55.6 Å². The molecule has 0 aliphatic carbocycles. The zero-order valence-corrected chi connectivity index (χ0v) is 10.4. The Morgan fingerprint density at radius 1 is 1.41 bits per heavy atom. The maximum atomic E-state index is 12.0. The minimum atomic E-state index is -0.426. The van der Waals surface area contributed by atoms with Crippen LogP contribution in [-0.4, -0.2) is 37.1 Å². The fourth-order valence-electron chi connectivity index (χ4n) is 1.58. The van der Waals surface area contributed by atoms with Crippen LogP contribution in [-0.2, 0) is 16.1 Å². The van der Waals surface area contributed by atoms with Gasteiger partial charge in [0.2, 0.25) is 0 Å². The van der Waals surface area contributed by atoms with Gasteiger partial charge in [0, 0.05) is 26.7 Å². The first-order chi connectivity index (χ1) is 8.19. The highest BCUT2D eigenvalue weighted by atomic mass is 16.5. The lowest BCUT2D eigenvalue weighted by atomic mass is 10.2. The molecule has 4 heteroatoms. The molecule has 1 aromatic carbocycles. The van der Waals surface area contributed by atoms with Gasteiger partial charge in [-0.15, -0.1) is 0 Å². The van der Waals surface area contributed by atoms with Gasteiger partial charge in [0.15, 0.2) is 0 Å². The molecule has 1 atom stereocenters. The third-order valence-electron chi connectivity index (χ3n) is 2.63. The minimum absolute atomic E-state index is 0.0261. The van der Waals surface area contributed by atoms with Crippen molar-refractivity contribution in [1.29, 1.82) is 0 Å². The minimum Gasteiger partial charge on any atom is -0.372 e. The second kappa shape index (κ2) is 7.04. The highest BCUT2D eigenvalue weighted by molar-refractivity contribution is 5.80. The molecule has 1 amide bonds. The summed E-state index contributed by atoms with van der Waals surface area (Å²) in [4.78, 5) is 13.7. The van der Waals surface area contributed by atoms with Crippen molar-refractivity contribution in [3.05, 3.63) is 35.9 Å². The summed E-state index contributed by atoms with van der Waals surface area (Å²) in [5, 5.41) is 0. The molecule has 0 bridgehead atoms. The van der Waals surface area contributed by atoms with E-state index >= 15 is 0 Å². The second-order valence-electron chi connectivity index (χ2n) is 3.91. The van der Waals surface area contributed by atoms with Gasteiger partial charge in [0.25, 0.3) is 5.91 Å². The first-order valence-electron chi connectivity index (χ1n) is 5.74. The van der Waals surface area contributed by atoms with E-state index in [0.717, 1.165) is 5.56 Å². The predicted molar refractivity (Wildman–Crippen MR) is 67.4 cm³/mol. The van der Waals surface area contributed by atoms with Crippen molar-refractivity contribution < 1.29 is 9.53 Å². The van der Waals surface area contributed by atoms with Gasteiger partial charge >= 0.3 is 0 Å². The molecule has 1 aromatic rings. The average molecular weight is 236 g/mol. The summed E-state index contributed by atoms with van der Waals surface area (Å²) in [6, 6.07) is 9.86. The lowest BCUT2D eigenvalue weighted by Gasteiger charge is -2.24. The summed E-state index contributed by atoms with van der Waals surface area (Å²) in [5.74, 6) is -0.0261. The number of nitrogens with two attached hydrogens (primary N) is 1. The van der Waals surface area contributed by atoms with E-state index in [2.05, 4.69) is 0 Å². The standard InChI is InChI=1S/C13H20N2O2/c1-11(17-2)13(16)15(9-8-14)10-12-6-4-3-5-7-12/h3-7,11H,8-10,14H2,1-2H3. The first kappa shape index (κ1) is 13.7. The number of rotatable bonds is 6. The quantitative estimate of drug-likeness (QED) is 0.802. The number of ether oxygens (including phenoxy) is 1.